The molecule has 11 heavy (non-hydrogen) atoms. The Morgan fingerprint density at radius 1 is 1.18 bits per heavy atom. The molecular formula is C7H7F3P+. The summed E-state index contributed by atoms with van der Waals surface area (Å²) in [6, 6.07) is 1.54. The zero-order chi connectivity index (χ0) is 8.43. The molecule has 0 radical (unpaired) electrons. The van der Waals surface area contributed by atoms with Gasteiger partial charge < -0.3 is 0 Å². The lowest BCUT2D eigenvalue weighted by Crippen LogP contribution is -1.92. The van der Waals surface area contributed by atoms with E-state index in [-0.39, 0.29) is 5.56 Å². The fraction of sp³-hybridized carbons (Fsp3) is 0.143. The lowest BCUT2D eigenvalue weighted by molar-refractivity contribution is 0.488. The van der Waals surface area contributed by atoms with Crippen LogP contribution in [0.25, 0.3) is 0 Å². The summed E-state index contributed by atoms with van der Waals surface area (Å²) in [6.07, 6.45) is 0.320. The molecule has 1 atom stereocenters. The van der Waals surface area contributed by atoms with Gasteiger partial charge in [-0.15, -0.1) is 0 Å². The van der Waals surface area contributed by atoms with Crippen LogP contribution >= 0.6 is 9.24 Å². The molecule has 0 saturated heterocycles. The third-order valence-corrected chi connectivity index (χ3v) is 1.88. The van der Waals surface area contributed by atoms with E-state index in [0.29, 0.717) is 12.2 Å². The van der Waals surface area contributed by atoms with E-state index >= 15 is 0 Å². The minimum absolute atomic E-state index is 0.0841. The van der Waals surface area contributed by atoms with Crippen LogP contribution in [-0.4, -0.2) is 0 Å². The Morgan fingerprint density at radius 3 is 2.36 bits per heavy atom. The molecule has 1 aromatic carbocycles. The lowest BCUT2D eigenvalue weighted by Gasteiger charge is -1.97. The first kappa shape index (κ1) is 8.54. The largest absolute Gasteiger partial charge is 0.207 e. The summed E-state index contributed by atoms with van der Waals surface area (Å²) in [7, 11) is 1.45. The van der Waals surface area contributed by atoms with Gasteiger partial charge in [-0.3, -0.25) is 0 Å². The predicted molar refractivity (Wildman–Crippen MR) is 41.1 cm³/mol. The van der Waals surface area contributed by atoms with Crippen molar-refractivity contribution in [1.82, 2.24) is 0 Å². The molecule has 0 bridgehead atoms. The SMILES string of the molecule is Fc1cc(F)c(F)c(C[PH3+])c1. The van der Waals surface area contributed by atoms with Crippen molar-refractivity contribution >= 4 is 9.24 Å². The lowest BCUT2D eigenvalue weighted by atomic mass is 10.2. The molecule has 0 amide bonds. The average Bonchev–Trinajstić information content (AvgIpc) is 1.96. The highest BCUT2D eigenvalue weighted by Crippen LogP contribution is 2.16. The number of hydrogen-bond acceptors (Lipinski definition) is 0. The van der Waals surface area contributed by atoms with Gasteiger partial charge in [0.15, 0.2) is 11.6 Å². The van der Waals surface area contributed by atoms with Gasteiger partial charge >= 0.3 is 0 Å². The van der Waals surface area contributed by atoms with E-state index in [1.807, 2.05) is 0 Å². The maximum absolute atomic E-state index is 12.6. The van der Waals surface area contributed by atoms with Gasteiger partial charge in [-0.2, -0.15) is 0 Å². The monoisotopic (exact) mass is 179 g/mol. The van der Waals surface area contributed by atoms with Crippen LogP contribution in [0, 0.1) is 17.5 Å². The van der Waals surface area contributed by atoms with Gasteiger partial charge in [0.1, 0.15) is 5.82 Å². The van der Waals surface area contributed by atoms with Crippen molar-refractivity contribution in [2.75, 3.05) is 0 Å². The summed E-state index contributed by atoms with van der Waals surface area (Å²) >= 11 is 0. The van der Waals surface area contributed by atoms with Gasteiger partial charge in [-0.05, 0) is 15.3 Å². The summed E-state index contributed by atoms with van der Waals surface area (Å²) in [5.74, 6) is -2.79. The summed E-state index contributed by atoms with van der Waals surface area (Å²) in [5, 5.41) is 0. The van der Waals surface area contributed by atoms with Gasteiger partial charge in [0.05, 0.1) is 6.16 Å². The van der Waals surface area contributed by atoms with E-state index in [4.69, 9.17) is 0 Å². The Labute approximate surface area is 64.6 Å². The van der Waals surface area contributed by atoms with Crippen LogP contribution < -0.4 is 0 Å². The van der Waals surface area contributed by atoms with E-state index in [9.17, 15) is 13.2 Å². The highest BCUT2D eigenvalue weighted by molar-refractivity contribution is 7.15. The summed E-state index contributed by atoms with van der Waals surface area (Å²) < 4.78 is 37.5. The predicted octanol–water partition coefficient (Wildman–Crippen LogP) is 2.21. The maximum Gasteiger partial charge on any atom is 0.165 e. The van der Waals surface area contributed by atoms with E-state index in [1.165, 1.54) is 9.24 Å². The molecule has 0 fully saturated rings. The molecule has 0 aliphatic rings. The van der Waals surface area contributed by atoms with Gasteiger partial charge in [-0.1, -0.05) is 0 Å². The van der Waals surface area contributed by atoms with Gasteiger partial charge in [0, 0.05) is 11.6 Å². The third-order valence-electron chi connectivity index (χ3n) is 1.34. The average molecular weight is 179 g/mol. The van der Waals surface area contributed by atoms with Crippen LogP contribution in [0.5, 0.6) is 0 Å². The van der Waals surface area contributed by atoms with Crippen LogP contribution in [-0.2, 0) is 6.16 Å². The molecule has 0 aliphatic heterocycles. The maximum atomic E-state index is 12.6. The Balaban J connectivity index is 3.24. The standard InChI is InChI=1S/C7H6F3P/c8-5-1-4(3-11)7(10)6(9)2-5/h1-2H,3,11H2/p+1. The number of halogens is 3. The van der Waals surface area contributed by atoms with E-state index in [2.05, 4.69) is 0 Å². The smallest absolute Gasteiger partial charge is 0.165 e. The molecule has 0 saturated carbocycles. The second-order valence-corrected chi connectivity index (χ2v) is 2.61. The van der Waals surface area contributed by atoms with E-state index in [0.717, 1.165) is 6.07 Å². The normalized spacial score (nSPS) is 10.5. The summed E-state index contributed by atoms with van der Waals surface area (Å²) in [6.45, 7) is 0. The zero-order valence-electron chi connectivity index (χ0n) is 5.70. The molecule has 0 N–H and O–H groups in total. The Bertz CT molecular complexity index is 273. The number of benzene rings is 1. The van der Waals surface area contributed by atoms with Crippen LogP contribution in [0.3, 0.4) is 0 Å². The molecule has 1 rings (SSSR count). The van der Waals surface area contributed by atoms with Gasteiger partial charge in [0.2, 0.25) is 0 Å². The molecule has 1 unspecified atom stereocenters. The van der Waals surface area contributed by atoms with Crippen LogP contribution in [0.2, 0.25) is 0 Å². The third kappa shape index (κ3) is 1.72. The Kier molecular flexibility index (Phi) is 2.50. The van der Waals surface area contributed by atoms with Crippen molar-refractivity contribution in [3.63, 3.8) is 0 Å². The molecule has 60 valence electrons. The molecule has 1 aromatic rings. The highest BCUT2D eigenvalue weighted by Gasteiger charge is 2.09. The Hall–Kier alpha value is -0.560. The number of hydrogen-bond donors (Lipinski definition) is 0. The first-order valence-electron chi connectivity index (χ1n) is 3.08. The van der Waals surface area contributed by atoms with Crippen LogP contribution in [0.15, 0.2) is 12.1 Å². The first-order chi connectivity index (χ1) is 5.15. The molecule has 0 aliphatic carbocycles. The summed E-state index contributed by atoms with van der Waals surface area (Å²) in [4.78, 5) is 0. The van der Waals surface area contributed by atoms with E-state index < -0.39 is 17.5 Å². The minimum Gasteiger partial charge on any atom is -0.207 e. The quantitative estimate of drug-likeness (QED) is 0.458. The second-order valence-electron chi connectivity index (χ2n) is 2.11. The molecule has 0 spiro atoms. The topological polar surface area (TPSA) is 0 Å². The summed E-state index contributed by atoms with van der Waals surface area (Å²) in [5.41, 5.74) is 0.0841. The molecule has 0 heterocycles. The fourth-order valence-corrected chi connectivity index (χ4v) is 1.16. The minimum atomic E-state index is -1.12. The fourth-order valence-electron chi connectivity index (χ4n) is 0.791. The van der Waals surface area contributed by atoms with Crippen molar-refractivity contribution < 1.29 is 13.2 Å². The van der Waals surface area contributed by atoms with Crippen molar-refractivity contribution in [2.24, 2.45) is 0 Å². The molecule has 0 aromatic heterocycles. The van der Waals surface area contributed by atoms with Crippen molar-refractivity contribution in [3.8, 4) is 0 Å². The zero-order valence-corrected chi connectivity index (χ0v) is 7.12. The second kappa shape index (κ2) is 3.22. The van der Waals surface area contributed by atoms with Gasteiger partial charge in [-0.25, -0.2) is 13.2 Å². The highest BCUT2D eigenvalue weighted by atomic mass is 31.0. The van der Waals surface area contributed by atoms with Crippen LogP contribution in [0.4, 0.5) is 13.2 Å². The number of rotatable bonds is 1. The van der Waals surface area contributed by atoms with Gasteiger partial charge in [0.25, 0.3) is 0 Å². The molecule has 0 nitrogen and oxygen atoms in total. The van der Waals surface area contributed by atoms with Crippen LogP contribution in [0.1, 0.15) is 5.56 Å². The first-order valence-corrected chi connectivity index (χ1v) is 4.08. The van der Waals surface area contributed by atoms with Crippen molar-refractivity contribution in [1.29, 1.82) is 0 Å². The van der Waals surface area contributed by atoms with Crippen molar-refractivity contribution in [2.45, 2.75) is 6.16 Å². The van der Waals surface area contributed by atoms with Crippen molar-refractivity contribution in [3.05, 3.63) is 35.1 Å². The molecule has 4 heteroatoms. The van der Waals surface area contributed by atoms with E-state index in [1.54, 1.807) is 0 Å². The Morgan fingerprint density at radius 2 is 1.82 bits per heavy atom. The molecular weight excluding hydrogens is 172 g/mol.